The van der Waals surface area contributed by atoms with E-state index >= 15 is 0 Å². The van der Waals surface area contributed by atoms with Gasteiger partial charge in [0.25, 0.3) is 0 Å². The van der Waals surface area contributed by atoms with Gasteiger partial charge in [0, 0.05) is 6.42 Å². The molecule has 2 atom stereocenters. The summed E-state index contributed by atoms with van der Waals surface area (Å²) in [6, 6.07) is 6.28. The van der Waals surface area contributed by atoms with Gasteiger partial charge in [0.15, 0.2) is 0 Å². The number of ether oxygens (including phenoxy) is 3. The number of rotatable bonds is 8. The largest absolute Gasteiger partial charge is 0.460 e. The van der Waals surface area contributed by atoms with Crippen LogP contribution in [-0.2, 0) is 28.6 Å². The first-order valence-electron chi connectivity index (χ1n) is 11.7. The number of benzene rings is 1. The van der Waals surface area contributed by atoms with E-state index in [0.717, 1.165) is 0 Å². The van der Waals surface area contributed by atoms with E-state index in [9.17, 15) is 19.2 Å². The standard InChI is InChI=1S/C26H40N2O7/c1-24(2,3)33-19(29)16-15-18(22(31)34-25(4,5)6)27-21(30)20(17-13-11-10-12-14-17)28-23(32)35-26(7,8)9/h10-14,18,20H,15-16H2,1-9H3,(H,27,30)(H,28,32)/t18-,20-/m0/s1. The highest BCUT2D eigenvalue weighted by Gasteiger charge is 2.32. The maximum atomic E-state index is 13.3. The molecule has 0 unspecified atom stereocenters. The van der Waals surface area contributed by atoms with Crippen LogP contribution < -0.4 is 10.6 Å². The average Bonchev–Trinajstić information content (AvgIpc) is 2.65. The SMILES string of the molecule is CC(C)(C)OC(=O)CC[C@H](NC(=O)[C@@H](NC(=O)OC(C)(C)C)c1ccccc1)C(=O)OC(C)(C)C. The molecule has 1 aromatic rings. The summed E-state index contributed by atoms with van der Waals surface area (Å²) >= 11 is 0. The normalized spacial score (nSPS) is 13.7. The molecule has 2 N–H and O–H groups in total. The number of alkyl carbamates (subject to hydrolysis) is 1. The Morgan fingerprint density at radius 3 is 1.74 bits per heavy atom. The van der Waals surface area contributed by atoms with E-state index < -0.39 is 52.8 Å². The smallest absolute Gasteiger partial charge is 0.408 e. The zero-order chi connectivity index (χ0) is 27.0. The van der Waals surface area contributed by atoms with Gasteiger partial charge in [-0.25, -0.2) is 9.59 Å². The topological polar surface area (TPSA) is 120 Å². The Kier molecular flexibility index (Phi) is 10.3. The fourth-order valence-electron chi connectivity index (χ4n) is 2.90. The number of carbonyl (C=O) groups excluding carboxylic acids is 4. The van der Waals surface area contributed by atoms with Crippen LogP contribution in [0, 0.1) is 0 Å². The lowest BCUT2D eigenvalue weighted by Gasteiger charge is -2.27. The molecule has 1 rings (SSSR count). The third-order valence-corrected chi connectivity index (χ3v) is 4.12. The Labute approximate surface area is 208 Å². The van der Waals surface area contributed by atoms with Gasteiger partial charge in [-0.1, -0.05) is 30.3 Å². The molecule has 9 nitrogen and oxygen atoms in total. The van der Waals surface area contributed by atoms with Crippen molar-refractivity contribution in [2.45, 2.75) is 104 Å². The van der Waals surface area contributed by atoms with E-state index in [0.29, 0.717) is 5.56 Å². The first-order chi connectivity index (χ1) is 15.9. The van der Waals surface area contributed by atoms with Gasteiger partial charge >= 0.3 is 18.0 Å². The van der Waals surface area contributed by atoms with Gasteiger partial charge < -0.3 is 24.8 Å². The average molecular weight is 493 g/mol. The zero-order valence-corrected chi connectivity index (χ0v) is 22.3. The Morgan fingerprint density at radius 1 is 0.743 bits per heavy atom. The molecule has 0 fully saturated rings. The molecule has 35 heavy (non-hydrogen) atoms. The zero-order valence-electron chi connectivity index (χ0n) is 22.3. The van der Waals surface area contributed by atoms with Gasteiger partial charge in [-0.05, 0) is 74.3 Å². The van der Waals surface area contributed by atoms with Crippen molar-refractivity contribution in [1.82, 2.24) is 10.6 Å². The van der Waals surface area contributed by atoms with Crippen molar-refractivity contribution in [3.05, 3.63) is 35.9 Å². The summed E-state index contributed by atoms with van der Waals surface area (Å²) in [4.78, 5) is 50.8. The van der Waals surface area contributed by atoms with Crippen LogP contribution in [0.5, 0.6) is 0 Å². The van der Waals surface area contributed by atoms with Crippen molar-refractivity contribution in [3.8, 4) is 0 Å². The molecule has 0 aliphatic heterocycles. The molecule has 0 saturated carbocycles. The number of hydrogen-bond donors (Lipinski definition) is 2. The maximum absolute atomic E-state index is 13.3. The van der Waals surface area contributed by atoms with E-state index in [1.165, 1.54) is 0 Å². The predicted molar refractivity (Wildman–Crippen MR) is 131 cm³/mol. The molecular formula is C26H40N2O7. The second kappa shape index (κ2) is 12.0. The molecule has 0 aliphatic carbocycles. The first-order valence-corrected chi connectivity index (χ1v) is 11.7. The molecule has 196 valence electrons. The van der Waals surface area contributed by atoms with Crippen LogP contribution in [-0.4, -0.2) is 46.8 Å². The number of nitrogens with one attached hydrogen (secondary N) is 2. The van der Waals surface area contributed by atoms with Crippen molar-refractivity contribution in [1.29, 1.82) is 0 Å². The third kappa shape index (κ3) is 12.8. The second-order valence-corrected chi connectivity index (χ2v) is 11.2. The fraction of sp³-hybridized carbons (Fsp3) is 0.615. The van der Waals surface area contributed by atoms with Crippen LogP contribution in [0.4, 0.5) is 4.79 Å². The summed E-state index contributed by atoms with van der Waals surface area (Å²) in [6.45, 7) is 15.5. The Morgan fingerprint density at radius 2 is 1.26 bits per heavy atom. The van der Waals surface area contributed by atoms with Crippen LogP contribution in [0.1, 0.15) is 86.8 Å². The highest BCUT2D eigenvalue weighted by molar-refractivity contribution is 5.90. The lowest BCUT2D eigenvalue weighted by molar-refractivity contribution is -0.160. The number of carbonyl (C=O) groups is 4. The first kappa shape index (κ1) is 29.9. The Bertz CT molecular complexity index is 878. The Balaban J connectivity index is 3.12. The molecule has 0 aromatic heterocycles. The van der Waals surface area contributed by atoms with Gasteiger partial charge in [0.05, 0.1) is 0 Å². The lowest BCUT2D eigenvalue weighted by Crippen LogP contribution is -2.49. The van der Waals surface area contributed by atoms with Crippen molar-refractivity contribution in [2.24, 2.45) is 0 Å². The number of esters is 2. The van der Waals surface area contributed by atoms with Gasteiger partial charge in [-0.3, -0.25) is 9.59 Å². The summed E-state index contributed by atoms with van der Waals surface area (Å²) in [6.07, 6.45) is -0.940. The van der Waals surface area contributed by atoms with Gasteiger partial charge in [-0.2, -0.15) is 0 Å². The molecule has 2 amide bonds. The quantitative estimate of drug-likeness (QED) is 0.412. The molecule has 9 heteroatoms. The van der Waals surface area contributed by atoms with Crippen LogP contribution in [0.2, 0.25) is 0 Å². The van der Waals surface area contributed by atoms with Gasteiger partial charge in [0.2, 0.25) is 5.91 Å². The monoisotopic (exact) mass is 492 g/mol. The number of hydrogen-bond acceptors (Lipinski definition) is 7. The Hall–Kier alpha value is -3.10. The van der Waals surface area contributed by atoms with E-state index in [1.54, 1.807) is 92.6 Å². The van der Waals surface area contributed by atoms with Crippen molar-refractivity contribution >= 4 is 23.9 Å². The lowest BCUT2D eigenvalue weighted by atomic mass is 10.0. The molecule has 1 aromatic carbocycles. The molecule has 0 aliphatic rings. The molecule has 0 heterocycles. The highest BCUT2D eigenvalue weighted by Crippen LogP contribution is 2.18. The van der Waals surface area contributed by atoms with E-state index in [1.807, 2.05) is 0 Å². The van der Waals surface area contributed by atoms with Crippen molar-refractivity contribution < 1.29 is 33.4 Å². The minimum atomic E-state index is -1.14. The van der Waals surface area contributed by atoms with Crippen LogP contribution in [0.3, 0.4) is 0 Å². The molecule has 0 saturated heterocycles. The molecule has 0 radical (unpaired) electrons. The van der Waals surface area contributed by atoms with Crippen LogP contribution >= 0.6 is 0 Å². The summed E-state index contributed by atoms with van der Waals surface area (Å²) < 4.78 is 16.1. The van der Waals surface area contributed by atoms with Gasteiger partial charge in [0.1, 0.15) is 28.9 Å². The fourth-order valence-corrected chi connectivity index (χ4v) is 2.90. The summed E-state index contributed by atoms with van der Waals surface area (Å²) in [5, 5.41) is 5.19. The summed E-state index contributed by atoms with van der Waals surface area (Å²) in [5.74, 6) is -1.85. The van der Waals surface area contributed by atoms with Crippen LogP contribution in [0.15, 0.2) is 30.3 Å². The predicted octanol–water partition coefficient (Wildman–Crippen LogP) is 4.20. The van der Waals surface area contributed by atoms with E-state index in [-0.39, 0.29) is 12.8 Å². The number of amides is 2. The minimum absolute atomic E-state index is 0.0382. The molecule has 0 bridgehead atoms. The maximum Gasteiger partial charge on any atom is 0.408 e. The van der Waals surface area contributed by atoms with E-state index in [2.05, 4.69) is 10.6 Å². The van der Waals surface area contributed by atoms with Crippen LogP contribution in [0.25, 0.3) is 0 Å². The molecular weight excluding hydrogens is 452 g/mol. The highest BCUT2D eigenvalue weighted by atomic mass is 16.6. The second-order valence-electron chi connectivity index (χ2n) is 11.2. The van der Waals surface area contributed by atoms with E-state index in [4.69, 9.17) is 14.2 Å². The van der Waals surface area contributed by atoms with Crippen molar-refractivity contribution in [2.75, 3.05) is 0 Å². The van der Waals surface area contributed by atoms with Crippen molar-refractivity contribution in [3.63, 3.8) is 0 Å². The van der Waals surface area contributed by atoms with Gasteiger partial charge in [-0.15, -0.1) is 0 Å². The summed E-state index contributed by atoms with van der Waals surface area (Å²) in [7, 11) is 0. The third-order valence-electron chi connectivity index (χ3n) is 4.12. The summed E-state index contributed by atoms with van der Waals surface area (Å²) in [5.41, 5.74) is -1.77. The molecule has 0 spiro atoms. The minimum Gasteiger partial charge on any atom is -0.460 e.